The first kappa shape index (κ1) is 15.5. The molecule has 0 aromatic heterocycles. The molecule has 0 aliphatic carbocycles. The second kappa shape index (κ2) is 6.04. The molecule has 1 aliphatic rings. The lowest BCUT2D eigenvalue weighted by atomic mass is 10.1. The quantitative estimate of drug-likeness (QED) is 0.375. The molecule has 0 unspecified atom stereocenters. The fraction of sp³-hybridized carbons (Fsp3) is 0.0588. The highest BCUT2D eigenvalue weighted by Gasteiger charge is 2.26. The number of hydrogen-bond donors (Lipinski definition) is 0. The average Bonchev–Trinajstić information content (AvgIpc) is 2.91. The van der Waals surface area contributed by atoms with Crippen LogP contribution < -0.4 is 0 Å². The van der Waals surface area contributed by atoms with Gasteiger partial charge in [-0.15, -0.1) is 0 Å². The molecule has 0 saturated carbocycles. The van der Waals surface area contributed by atoms with Gasteiger partial charge in [0.1, 0.15) is 5.82 Å². The molecule has 7 heteroatoms. The number of nitrogens with zero attached hydrogens (tertiary/aromatic N) is 2. The first-order chi connectivity index (χ1) is 11.5. The smallest absolute Gasteiger partial charge is 0.363 e. The van der Waals surface area contributed by atoms with Gasteiger partial charge in [-0.1, -0.05) is 24.3 Å². The number of cyclic esters (lactones) is 1. The van der Waals surface area contributed by atoms with Crippen LogP contribution in [0, 0.1) is 22.9 Å². The van der Waals surface area contributed by atoms with Gasteiger partial charge in [0.25, 0.3) is 5.69 Å². The summed E-state index contributed by atoms with van der Waals surface area (Å²) in [7, 11) is 0. The van der Waals surface area contributed by atoms with Crippen molar-refractivity contribution < 1.29 is 18.8 Å². The SMILES string of the molecule is Cc1ccc(C2=N/C(=C\c3ccccc3F)C(=O)O2)cc1[N+](=O)[O-]. The number of rotatable bonds is 3. The van der Waals surface area contributed by atoms with Crippen LogP contribution in [0.3, 0.4) is 0 Å². The molecule has 1 aliphatic heterocycles. The van der Waals surface area contributed by atoms with Crippen molar-refractivity contribution in [2.45, 2.75) is 6.92 Å². The van der Waals surface area contributed by atoms with Gasteiger partial charge in [-0.05, 0) is 25.1 Å². The van der Waals surface area contributed by atoms with Gasteiger partial charge in [0.15, 0.2) is 5.70 Å². The maximum Gasteiger partial charge on any atom is 0.363 e. The van der Waals surface area contributed by atoms with Gasteiger partial charge in [0.05, 0.1) is 4.92 Å². The molecule has 0 fully saturated rings. The number of hydrogen-bond acceptors (Lipinski definition) is 5. The summed E-state index contributed by atoms with van der Waals surface area (Å²) in [6.07, 6.45) is 1.27. The second-order valence-electron chi connectivity index (χ2n) is 5.12. The normalized spacial score (nSPS) is 15.3. The van der Waals surface area contributed by atoms with Crippen molar-refractivity contribution in [2.75, 3.05) is 0 Å². The van der Waals surface area contributed by atoms with Gasteiger partial charge in [-0.2, -0.15) is 0 Å². The number of aryl methyl sites for hydroxylation is 1. The summed E-state index contributed by atoms with van der Waals surface area (Å²) in [6.45, 7) is 1.61. The van der Waals surface area contributed by atoms with Crippen LogP contribution >= 0.6 is 0 Å². The van der Waals surface area contributed by atoms with Crippen LogP contribution in [0.4, 0.5) is 10.1 Å². The van der Waals surface area contributed by atoms with E-state index in [-0.39, 0.29) is 22.8 Å². The third kappa shape index (κ3) is 2.91. The van der Waals surface area contributed by atoms with E-state index < -0.39 is 16.7 Å². The Labute approximate surface area is 136 Å². The Hall–Kier alpha value is -3.35. The number of nitro benzene ring substituents is 1. The highest BCUT2D eigenvalue weighted by atomic mass is 19.1. The summed E-state index contributed by atoms with van der Waals surface area (Å²) in [5.41, 5.74) is 0.814. The van der Waals surface area contributed by atoms with Crippen molar-refractivity contribution in [3.05, 3.63) is 80.8 Å². The fourth-order valence-electron chi connectivity index (χ4n) is 2.21. The average molecular weight is 326 g/mol. The molecular weight excluding hydrogens is 315 g/mol. The van der Waals surface area contributed by atoms with Gasteiger partial charge < -0.3 is 4.74 Å². The molecule has 6 nitrogen and oxygen atoms in total. The third-order valence-corrected chi connectivity index (χ3v) is 3.47. The molecule has 120 valence electrons. The van der Waals surface area contributed by atoms with E-state index in [0.717, 1.165) is 0 Å². The Balaban J connectivity index is 2.00. The molecule has 2 aromatic carbocycles. The zero-order chi connectivity index (χ0) is 17.3. The number of benzene rings is 2. The standard InChI is InChI=1S/C17H11FN2O4/c1-10-6-7-12(9-15(10)20(22)23)16-19-14(17(21)24-16)8-11-4-2-3-5-13(11)18/h2-9H,1H3/b14-8-. The Kier molecular flexibility index (Phi) is 3.91. The minimum Gasteiger partial charge on any atom is -0.402 e. The molecule has 3 rings (SSSR count). The summed E-state index contributed by atoms with van der Waals surface area (Å²) in [5.74, 6) is -1.28. The largest absolute Gasteiger partial charge is 0.402 e. The van der Waals surface area contributed by atoms with Gasteiger partial charge in [0.2, 0.25) is 5.90 Å². The monoisotopic (exact) mass is 326 g/mol. The molecule has 0 spiro atoms. The van der Waals surface area contributed by atoms with E-state index in [1.807, 2.05) is 0 Å². The molecular formula is C17H11FN2O4. The summed E-state index contributed by atoms with van der Waals surface area (Å²) in [5, 5.41) is 11.0. The highest BCUT2D eigenvalue weighted by Crippen LogP contribution is 2.24. The molecule has 0 radical (unpaired) electrons. The lowest BCUT2D eigenvalue weighted by Gasteiger charge is -2.01. The molecule has 0 bridgehead atoms. The van der Waals surface area contributed by atoms with Crippen molar-refractivity contribution in [3.63, 3.8) is 0 Å². The predicted molar refractivity (Wildman–Crippen MR) is 84.8 cm³/mol. The summed E-state index contributed by atoms with van der Waals surface area (Å²) >= 11 is 0. The maximum atomic E-state index is 13.7. The van der Waals surface area contributed by atoms with E-state index in [1.165, 1.54) is 30.3 Å². The molecule has 24 heavy (non-hydrogen) atoms. The van der Waals surface area contributed by atoms with Crippen LogP contribution in [0.1, 0.15) is 16.7 Å². The third-order valence-electron chi connectivity index (χ3n) is 3.47. The Bertz CT molecular complexity index is 919. The Morgan fingerprint density at radius 1 is 1.25 bits per heavy atom. The van der Waals surface area contributed by atoms with Gasteiger partial charge in [-0.3, -0.25) is 10.1 Å². The lowest BCUT2D eigenvalue weighted by molar-refractivity contribution is -0.385. The van der Waals surface area contributed by atoms with Crippen molar-refractivity contribution in [1.29, 1.82) is 0 Å². The molecule has 0 saturated heterocycles. The second-order valence-corrected chi connectivity index (χ2v) is 5.12. The maximum absolute atomic E-state index is 13.7. The van der Waals surface area contributed by atoms with Crippen LogP contribution in [0.2, 0.25) is 0 Å². The summed E-state index contributed by atoms with van der Waals surface area (Å²) in [6, 6.07) is 10.3. The molecule has 0 amide bonds. The van der Waals surface area contributed by atoms with Gasteiger partial charge in [-0.25, -0.2) is 14.2 Å². The lowest BCUT2D eigenvalue weighted by Crippen LogP contribution is -2.06. The molecule has 1 heterocycles. The molecule has 0 atom stereocenters. The minimum atomic E-state index is -0.739. The number of ether oxygens (including phenoxy) is 1. The van der Waals surface area contributed by atoms with E-state index >= 15 is 0 Å². The van der Waals surface area contributed by atoms with Crippen LogP contribution in [-0.4, -0.2) is 16.8 Å². The van der Waals surface area contributed by atoms with Crippen molar-refractivity contribution in [3.8, 4) is 0 Å². The zero-order valence-electron chi connectivity index (χ0n) is 12.5. The van der Waals surface area contributed by atoms with Gasteiger partial charge >= 0.3 is 5.97 Å². The molecule has 0 N–H and O–H groups in total. The zero-order valence-corrected chi connectivity index (χ0v) is 12.5. The van der Waals surface area contributed by atoms with E-state index in [0.29, 0.717) is 11.1 Å². The van der Waals surface area contributed by atoms with Crippen LogP contribution in [-0.2, 0) is 9.53 Å². The predicted octanol–water partition coefficient (Wildman–Crippen LogP) is 3.39. The van der Waals surface area contributed by atoms with Crippen molar-refractivity contribution >= 4 is 23.6 Å². The minimum absolute atomic E-state index is 0.0503. The highest BCUT2D eigenvalue weighted by molar-refractivity contribution is 6.13. The number of aliphatic imine (C=N–C) groups is 1. The Morgan fingerprint density at radius 3 is 2.71 bits per heavy atom. The van der Waals surface area contributed by atoms with Crippen molar-refractivity contribution in [2.24, 2.45) is 4.99 Å². The number of carbonyl (C=O) groups excluding carboxylic acids is 1. The van der Waals surface area contributed by atoms with E-state index in [2.05, 4.69) is 4.99 Å². The summed E-state index contributed by atoms with van der Waals surface area (Å²) < 4.78 is 18.7. The fourth-order valence-corrected chi connectivity index (χ4v) is 2.21. The topological polar surface area (TPSA) is 81.8 Å². The van der Waals surface area contributed by atoms with Crippen LogP contribution in [0.5, 0.6) is 0 Å². The molecule has 2 aromatic rings. The Morgan fingerprint density at radius 2 is 2.00 bits per heavy atom. The summed E-state index contributed by atoms with van der Waals surface area (Å²) in [4.78, 5) is 26.4. The number of nitro groups is 1. The first-order valence-electron chi connectivity index (χ1n) is 6.98. The number of carbonyl (C=O) groups is 1. The van der Waals surface area contributed by atoms with Crippen molar-refractivity contribution in [1.82, 2.24) is 0 Å². The number of esters is 1. The van der Waals surface area contributed by atoms with Crippen LogP contribution in [0.15, 0.2) is 53.2 Å². The number of halogens is 1. The van der Waals surface area contributed by atoms with E-state index in [9.17, 15) is 19.3 Å². The van der Waals surface area contributed by atoms with Gasteiger partial charge in [0, 0.05) is 22.8 Å². The van der Waals surface area contributed by atoms with E-state index in [4.69, 9.17) is 4.74 Å². The van der Waals surface area contributed by atoms with Crippen LogP contribution in [0.25, 0.3) is 6.08 Å². The first-order valence-corrected chi connectivity index (χ1v) is 6.98. The van der Waals surface area contributed by atoms with E-state index in [1.54, 1.807) is 25.1 Å².